The Labute approximate surface area is 76.6 Å². The molecule has 1 N–H and O–H groups in total. The molecular formula is C10H10NO2. The lowest BCUT2D eigenvalue weighted by Crippen LogP contribution is -2.24. The molecule has 1 saturated heterocycles. The summed E-state index contributed by atoms with van der Waals surface area (Å²) in [6, 6.07) is 10.0. The predicted molar refractivity (Wildman–Crippen MR) is 48.3 cm³/mol. The van der Waals surface area contributed by atoms with Crippen LogP contribution in [-0.4, -0.2) is 23.7 Å². The van der Waals surface area contributed by atoms with E-state index in [1.54, 1.807) is 17.0 Å². The van der Waals surface area contributed by atoms with Crippen LogP contribution in [0.15, 0.2) is 24.3 Å². The summed E-state index contributed by atoms with van der Waals surface area (Å²) >= 11 is 0. The van der Waals surface area contributed by atoms with Crippen LogP contribution in [-0.2, 0) is 4.79 Å². The minimum absolute atomic E-state index is 0.0151. The molecule has 0 bridgehead atoms. The number of benzene rings is 1. The van der Waals surface area contributed by atoms with Gasteiger partial charge in [0.1, 0.15) is 0 Å². The van der Waals surface area contributed by atoms with Crippen LogP contribution < -0.4 is 4.90 Å². The van der Waals surface area contributed by atoms with Crippen molar-refractivity contribution >= 4 is 11.6 Å². The first-order valence-corrected chi connectivity index (χ1v) is 4.22. The molecule has 0 aliphatic carbocycles. The van der Waals surface area contributed by atoms with Crippen LogP contribution in [0.4, 0.5) is 5.69 Å². The zero-order valence-electron chi connectivity index (χ0n) is 7.10. The zero-order chi connectivity index (χ0) is 9.26. The largest absolute Gasteiger partial charge is 0.391 e. The summed E-state index contributed by atoms with van der Waals surface area (Å²) in [5.74, 6) is -0.0151. The average Bonchev–Trinajstić information content (AvgIpc) is 2.47. The number of rotatable bonds is 1. The highest BCUT2D eigenvalue weighted by molar-refractivity contribution is 5.95. The first-order valence-electron chi connectivity index (χ1n) is 4.22. The molecule has 1 unspecified atom stereocenters. The van der Waals surface area contributed by atoms with E-state index in [1.165, 1.54) is 0 Å². The van der Waals surface area contributed by atoms with E-state index in [2.05, 4.69) is 6.07 Å². The summed E-state index contributed by atoms with van der Waals surface area (Å²) < 4.78 is 0. The molecule has 1 radical (unpaired) electrons. The summed E-state index contributed by atoms with van der Waals surface area (Å²) in [4.78, 5) is 12.9. The number of carbonyl (C=O) groups is 1. The maximum absolute atomic E-state index is 11.3. The summed E-state index contributed by atoms with van der Waals surface area (Å²) in [7, 11) is 0. The van der Waals surface area contributed by atoms with Gasteiger partial charge in [-0.1, -0.05) is 12.1 Å². The lowest BCUT2D eigenvalue weighted by molar-refractivity contribution is -0.117. The van der Waals surface area contributed by atoms with E-state index >= 15 is 0 Å². The van der Waals surface area contributed by atoms with Gasteiger partial charge in [0.2, 0.25) is 5.91 Å². The zero-order valence-corrected chi connectivity index (χ0v) is 7.10. The Morgan fingerprint density at radius 3 is 2.69 bits per heavy atom. The Balaban J connectivity index is 2.23. The summed E-state index contributed by atoms with van der Waals surface area (Å²) in [6.45, 7) is 0.406. The third kappa shape index (κ3) is 1.55. The van der Waals surface area contributed by atoms with Crippen LogP contribution in [0, 0.1) is 6.07 Å². The number of carbonyl (C=O) groups excluding carboxylic acids is 1. The number of aliphatic hydroxyl groups is 1. The van der Waals surface area contributed by atoms with E-state index < -0.39 is 6.10 Å². The monoisotopic (exact) mass is 176 g/mol. The van der Waals surface area contributed by atoms with Crippen LogP contribution in [0.1, 0.15) is 6.42 Å². The van der Waals surface area contributed by atoms with E-state index in [9.17, 15) is 9.90 Å². The van der Waals surface area contributed by atoms with E-state index in [1.807, 2.05) is 12.1 Å². The van der Waals surface area contributed by atoms with Gasteiger partial charge in [-0.2, -0.15) is 0 Å². The van der Waals surface area contributed by atoms with E-state index in [0.29, 0.717) is 6.54 Å². The maximum Gasteiger partial charge on any atom is 0.229 e. The summed E-state index contributed by atoms with van der Waals surface area (Å²) in [6.07, 6.45) is -0.282. The van der Waals surface area contributed by atoms with Crippen molar-refractivity contribution in [2.24, 2.45) is 0 Å². The van der Waals surface area contributed by atoms with Crippen molar-refractivity contribution < 1.29 is 9.90 Å². The van der Waals surface area contributed by atoms with Gasteiger partial charge in [-0.05, 0) is 18.2 Å². The van der Waals surface area contributed by atoms with E-state index in [4.69, 9.17) is 0 Å². The number of anilines is 1. The number of amides is 1. The molecule has 1 aliphatic rings. The Kier molecular flexibility index (Phi) is 2.02. The molecule has 1 fully saturated rings. The topological polar surface area (TPSA) is 40.5 Å². The molecule has 0 spiro atoms. The second-order valence-corrected chi connectivity index (χ2v) is 3.12. The highest BCUT2D eigenvalue weighted by Crippen LogP contribution is 2.20. The van der Waals surface area contributed by atoms with Crippen LogP contribution in [0.25, 0.3) is 0 Å². The molecule has 3 nitrogen and oxygen atoms in total. The fraction of sp³-hybridized carbons (Fsp3) is 0.300. The van der Waals surface area contributed by atoms with Gasteiger partial charge in [0.05, 0.1) is 19.1 Å². The molecular weight excluding hydrogens is 166 g/mol. The van der Waals surface area contributed by atoms with Crippen molar-refractivity contribution in [3.8, 4) is 0 Å². The molecule has 3 heteroatoms. The van der Waals surface area contributed by atoms with Gasteiger partial charge in [-0.15, -0.1) is 0 Å². The van der Waals surface area contributed by atoms with Crippen LogP contribution in [0.2, 0.25) is 0 Å². The Hall–Kier alpha value is -1.35. The first kappa shape index (κ1) is 8.26. The van der Waals surface area contributed by atoms with E-state index in [-0.39, 0.29) is 12.3 Å². The molecule has 1 aliphatic heterocycles. The minimum atomic E-state index is -0.517. The van der Waals surface area contributed by atoms with Crippen LogP contribution in [0.3, 0.4) is 0 Å². The van der Waals surface area contributed by atoms with Crippen LogP contribution >= 0.6 is 0 Å². The molecule has 67 valence electrons. The molecule has 13 heavy (non-hydrogen) atoms. The normalized spacial score (nSPS) is 22.4. The maximum atomic E-state index is 11.3. The highest BCUT2D eigenvalue weighted by atomic mass is 16.3. The third-order valence-electron chi connectivity index (χ3n) is 2.12. The molecule has 1 aromatic carbocycles. The van der Waals surface area contributed by atoms with Crippen molar-refractivity contribution in [3.63, 3.8) is 0 Å². The van der Waals surface area contributed by atoms with Gasteiger partial charge in [0, 0.05) is 5.69 Å². The SMILES string of the molecule is O=C1CC(O)CN1c1cc[c]cc1. The molecule has 0 saturated carbocycles. The first-order chi connectivity index (χ1) is 6.27. The van der Waals surface area contributed by atoms with Crippen molar-refractivity contribution in [1.29, 1.82) is 0 Å². The number of aliphatic hydroxyl groups excluding tert-OH is 1. The van der Waals surface area contributed by atoms with Gasteiger partial charge in [-0.3, -0.25) is 4.79 Å². The minimum Gasteiger partial charge on any atom is -0.391 e. The molecule has 0 aromatic heterocycles. The number of hydrogen-bond donors (Lipinski definition) is 1. The van der Waals surface area contributed by atoms with Crippen LogP contribution in [0.5, 0.6) is 0 Å². The third-order valence-corrected chi connectivity index (χ3v) is 2.12. The second-order valence-electron chi connectivity index (χ2n) is 3.12. The standard InChI is InChI=1S/C10H10NO2/c12-9-6-10(13)11(7-9)8-4-2-1-3-5-8/h2-5,9,12H,6-7H2. The van der Waals surface area contributed by atoms with Crippen molar-refractivity contribution in [2.45, 2.75) is 12.5 Å². The van der Waals surface area contributed by atoms with E-state index in [0.717, 1.165) is 5.69 Å². The van der Waals surface area contributed by atoms with Gasteiger partial charge < -0.3 is 10.0 Å². The van der Waals surface area contributed by atoms with Gasteiger partial charge in [0.25, 0.3) is 0 Å². The molecule has 1 amide bonds. The Bertz CT molecular complexity index is 310. The quantitative estimate of drug-likeness (QED) is 0.680. The van der Waals surface area contributed by atoms with Crippen molar-refractivity contribution in [2.75, 3.05) is 11.4 Å². The van der Waals surface area contributed by atoms with Gasteiger partial charge >= 0.3 is 0 Å². The van der Waals surface area contributed by atoms with Gasteiger partial charge in [0.15, 0.2) is 0 Å². The predicted octanol–water partition coefficient (Wildman–Crippen LogP) is 0.584. The average molecular weight is 176 g/mol. The Morgan fingerprint density at radius 2 is 2.15 bits per heavy atom. The number of hydrogen-bond acceptors (Lipinski definition) is 2. The smallest absolute Gasteiger partial charge is 0.229 e. The fourth-order valence-electron chi connectivity index (χ4n) is 1.50. The van der Waals surface area contributed by atoms with Crippen molar-refractivity contribution in [1.82, 2.24) is 0 Å². The second kappa shape index (κ2) is 3.18. The summed E-state index contributed by atoms with van der Waals surface area (Å²) in [5, 5.41) is 9.26. The molecule has 1 atom stereocenters. The number of nitrogens with zero attached hydrogens (tertiary/aromatic N) is 1. The lowest BCUT2D eigenvalue weighted by atomic mass is 10.3. The molecule has 2 rings (SSSR count). The fourth-order valence-corrected chi connectivity index (χ4v) is 1.50. The highest BCUT2D eigenvalue weighted by Gasteiger charge is 2.28. The lowest BCUT2D eigenvalue weighted by Gasteiger charge is -2.14. The Morgan fingerprint density at radius 1 is 1.46 bits per heavy atom. The molecule has 1 aromatic rings. The molecule has 1 heterocycles. The van der Waals surface area contributed by atoms with Crippen molar-refractivity contribution in [3.05, 3.63) is 30.3 Å². The summed E-state index contributed by atoms with van der Waals surface area (Å²) in [5.41, 5.74) is 0.834. The van der Waals surface area contributed by atoms with Gasteiger partial charge in [-0.25, -0.2) is 0 Å². The number of β-amino-alcohol motifs (C(OH)–C–C–N with tert-alkyl or cyclic N) is 1.